The first-order valence-electron chi connectivity index (χ1n) is 7.82. The first-order valence-corrected chi connectivity index (χ1v) is 7.82. The van der Waals surface area contributed by atoms with Crippen molar-refractivity contribution in [2.24, 2.45) is 0 Å². The number of rotatable bonds is 8. The molecule has 0 radical (unpaired) electrons. The van der Waals surface area contributed by atoms with E-state index in [2.05, 4.69) is 14.2 Å². The van der Waals surface area contributed by atoms with Crippen molar-refractivity contribution in [3.63, 3.8) is 0 Å². The molecule has 1 rings (SSSR count). The molecule has 1 aliphatic heterocycles. The van der Waals surface area contributed by atoms with Crippen LogP contribution in [-0.4, -0.2) is 67.1 Å². The summed E-state index contributed by atoms with van der Waals surface area (Å²) in [6.07, 6.45) is -38.2. The van der Waals surface area contributed by atoms with Gasteiger partial charge in [-0.05, 0) is 13.8 Å². The molecular formula is C13H10F16O4. The van der Waals surface area contributed by atoms with Crippen molar-refractivity contribution in [2.45, 2.75) is 74.4 Å². The second kappa shape index (κ2) is 8.14. The molecule has 0 aromatic carbocycles. The number of hydrogen-bond acceptors (Lipinski definition) is 4. The van der Waals surface area contributed by atoms with E-state index < -0.39 is 67.1 Å². The molecule has 0 aromatic rings. The Morgan fingerprint density at radius 2 is 1.21 bits per heavy atom. The summed E-state index contributed by atoms with van der Waals surface area (Å²) in [6.45, 7) is 0.513. The Hall–Kier alpha value is -1.28. The Bertz CT molecular complexity index is 701. The summed E-state index contributed by atoms with van der Waals surface area (Å²) in [6, 6.07) is 0. The topological polar surface area (TPSA) is 36.9 Å². The number of alkyl halides is 16. The van der Waals surface area contributed by atoms with Crippen LogP contribution in [-0.2, 0) is 18.9 Å². The Labute approximate surface area is 171 Å². The van der Waals surface area contributed by atoms with Gasteiger partial charge in [-0.1, -0.05) is 0 Å². The molecule has 0 N–H and O–H groups in total. The van der Waals surface area contributed by atoms with Gasteiger partial charge in [0, 0.05) is 0 Å². The van der Waals surface area contributed by atoms with E-state index in [-0.39, 0.29) is 0 Å². The third-order valence-corrected chi connectivity index (χ3v) is 3.72. The molecular weight excluding hydrogens is 524 g/mol. The van der Waals surface area contributed by atoms with Crippen LogP contribution in [0.15, 0.2) is 0 Å². The highest BCUT2D eigenvalue weighted by Crippen LogP contribution is 2.55. The van der Waals surface area contributed by atoms with Crippen LogP contribution >= 0.6 is 0 Å². The highest BCUT2D eigenvalue weighted by Gasteiger charge is 2.84. The fraction of sp³-hybridized carbons (Fsp3) is 1.00. The van der Waals surface area contributed by atoms with Crippen LogP contribution < -0.4 is 0 Å². The van der Waals surface area contributed by atoms with Crippen molar-refractivity contribution in [1.29, 1.82) is 0 Å². The molecule has 0 aliphatic carbocycles. The highest BCUT2D eigenvalue weighted by atomic mass is 19.4. The second-order valence-corrected chi connectivity index (χ2v) is 6.73. The molecule has 0 bridgehead atoms. The van der Waals surface area contributed by atoms with Gasteiger partial charge < -0.3 is 9.47 Å². The minimum atomic E-state index is -7.73. The van der Waals surface area contributed by atoms with Crippen molar-refractivity contribution in [3.8, 4) is 0 Å². The van der Waals surface area contributed by atoms with Gasteiger partial charge in [0.1, 0.15) is 0 Å². The molecule has 1 heterocycles. The van der Waals surface area contributed by atoms with Gasteiger partial charge in [0.05, 0.1) is 6.61 Å². The third kappa shape index (κ3) is 5.37. The molecule has 0 aromatic heterocycles. The van der Waals surface area contributed by atoms with Crippen LogP contribution in [0.2, 0.25) is 0 Å². The lowest BCUT2D eigenvalue weighted by Gasteiger charge is -2.39. The van der Waals surface area contributed by atoms with E-state index in [0.717, 1.165) is 13.8 Å². The van der Waals surface area contributed by atoms with Crippen LogP contribution in [0.3, 0.4) is 0 Å². The molecule has 1 saturated heterocycles. The minimum absolute atomic E-state index is 0.915. The molecule has 0 saturated carbocycles. The summed E-state index contributed by atoms with van der Waals surface area (Å²) in [5, 5.41) is 0. The number of ether oxygens (including phenoxy) is 4. The lowest BCUT2D eigenvalue weighted by Crippen LogP contribution is -2.66. The summed E-state index contributed by atoms with van der Waals surface area (Å²) in [4.78, 5) is 0. The Morgan fingerprint density at radius 3 is 1.55 bits per heavy atom. The minimum Gasteiger partial charge on any atom is -0.348 e. The molecule has 0 amide bonds. The molecule has 20 heteroatoms. The van der Waals surface area contributed by atoms with Crippen molar-refractivity contribution in [1.82, 2.24) is 0 Å². The summed E-state index contributed by atoms with van der Waals surface area (Å²) in [5.41, 5.74) is 0. The van der Waals surface area contributed by atoms with Gasteiger partial charge in [-0.2, -0.15) is 65.9 Å². The largest absolute Gasteiger partial charge is 0.462 e. The molecule has 3 atom stereocenters. The average molecular weight is 534 g/mol. The van der Waals surface area contributed by atoms with Crippen LogP contribution in [0.4, 0.5) is 70.2 Å². The maximum absolute atomic E-state index is 13.9. The van der Waals surface area contributed by atoms with E-state index in [9.17, 15) is 70.2 Å². The van der Waals surface area contributed by atoms with Crippen LogP contribution in [0.1, 0.15) is 13.8 Å². The van der Waals surface area contributed by atoms with E-state index in [1.54, 1.807) is 0 Å². The second-order valence-electron chi connectivity index (χ2n) is 6.73. The van der Waals surface area contributed by atoms with E-state index in [4.69, 9.17) is 0 Å². The molecule has 198 valence electrons. The average Bonchev–Trinajstić information content (AvgIpc) is 2.92. The Morgan fingerprint density at radius 1 is 0.758 bits per heavy atom. The van der Waals surface area contributed by atoms with Crippen molar-refractivity contribution >= 4 is 0 Å². The van der Waals surface area contributed by atoms with E-state index >= 15 is 0 Å². The Balaban J connectivity index is 3.33. The first kappa shape index (κ1) is 29.8. The van der Waals surface area contributed by atoms with E-state index in [0.29, 0.717) is 0 Å². The van der Waals surface area contributed by atoms with E-state index in [1.165, 1.54) is 4.74 Å². The zero-order valence-electron chi connectivity index (χ0n) is 15.5. The number of halogens is 16. The predicted octanol–water partition coefficient (Wildman–Crippen LogP) is 5.71. The molecule has 4 nitrogen and oxygen atoms in total. The van der Waals surface area contributed by atoms with Gasteiger partial charge in [0.25, 0.3) is 6.36 Å². The summed E-state index contributed by atoms with van der Waals surface area (Å²) < 4.78 is 221. The fourth-order valence-corrected chi connectivity index (χ4v) is 2.00. The summed E-state index contributed by atoms with van der Waals surface area (Å²) >= 11 is 0. The predicted molar refractivity (Wildman–Crippen MR) is 67.7 cm³/mol. The van der Waals surface area contributed by atoms with Crippen molar-refractivity contribution in [3.05, 3.63) is 0 Å². The van der Waals surface area contributed by atoms with Gasteiger partial charge in [0.15, 0.2) is 11.9 Å². The quantitative estimate of drug-likeness (QED) is 0.374. The molecule has 0 spiro atoms. The molecule has 33 heavy (non-hydrogen) atoms. The summed E-state index contributed by atoms with van der Waals surface area (Å²) in [7, 11) is 0. The van der Waals surface area contributed by atoms with Gasteiger partial charge in [-0.15, -0.1) is 0 Å². The monoisotopic (exact) mass is 534 g/mol. The van der Waals surface area contributed by atoms with Gasteiger partial charge in [-0.3, -0.25) is 9.47 Å². The molecule has 1 fully saturated rings. The lowest BCUT2D eigenvalue weighted by molar-refractivity contribution is -0.542. The zero-order chi connectivity index (χ0) is 26.7. The maximum atomic E-state index is 13.9. The lowest BCUT2D eigenvalue weighted by atomic mass is 10.2. The van der Waals surface area contributed by atoms with E-state index in [1.807, 2.05) is 0 Å². The van der Waals surface area contributed by atoms with Crippen LogP contribution in [0.5, 0.6) is 0 Å². The zero-order valence-corrected chi connectivity index (χ0v) is 15.5. The van der Waals surface area contributed by atoms with Crippen molar-refractivity contribution < 1.29 is 89.2 Å². The Kier molecular flexibility index (Phi) is 7.34. The van der Waals surface area contributed by atoms with Gasteiger partial charge in [0.2, 0.25) is 0 Å². The molecule has 3 unspecified atom stereocenters. The fourth-order valence-electron chi connectivity index (χ4n) is 2.00. The van der Waals surface area contributed by atoms with Gasteiger partial charge >= 0.3 is 42.3 Å². The number of hydrogen-bond donors (Lipinski definition) is 0. The van der Waals surface area contributed by atoms with Crippen molar-refractivity contribution in [2.75, 3.05) is 6.61 Å². The highest BCUT2D eigenvalue weighted by molar-refractivity contribution is 4.94. The van der Waals surface area contributed by atoms with Crippen LogP contribution in [0, 0.1) is 0 Å². The SMILES string of the molecule is CC1(C)OCC(C(F)(F)C(F)OC(F)(F)C(F)(OC(F)(F)C(F)(F)C(F)(F)F)C(F)(F)F)O1. The maximum Gasteiger partial charge on any atom is 0.462 e. The standard InChI is InChI=1S/C13H10F16O4/c1-6(2)30-3-4(31-6)7(15,16)5(14)32-13(28,29)9(19,11(23,24)25)33-12(26,27)8(17,18)10(20,21)22/h4-5H,3H2,1-2H3. The smallest absolute Gasteiger partial charge is 0.348 e. The third-order valence-electron chi connectivity index (χ3n) is 3.72. The summed E-state index contributed by atoms with van der Waals surface area (Å²) in [5.74, 6) is -22.8. The molecule has 1 aliphatic rings. The van der Waals surface area contributed by atoms with Crippen LogP contribution in [0.25, 0.3) is 0 Å². The first-order chi connectivity index (χ1) is 14.1. The normalized spacial score (nSPS) is 24.0. The van der Waals surface area contributed by atoms with Gasteiger partial charge in [-0.25, -0.2) is 4.39 Å².